The molecule has 0 spiro atoms. The number of ether oxygens (including phenoxy) is 1. The van der Waals surface area contributed by atoms with Crippen molar-refractivity contribution in [3.63, 3.8) is 0 Å². The second-order valence-electron chi connectivity index (χ2n) is 7.36. The Morgan fingerprint density at radius 1 is 1.03 bits per heavy atom. The van der Waals surface area contributed by atoms with Gasteiger partial charge in [-0.05, 0) is 36.4 Å². The van der Waals surface area contributed by atoms with Gasteiger partial charge in [0, 0.05) is 51.2 Å². The zero-order chi connectivity index (χ0) is 22.3. The van der Waals surface area contributed by atoms with E-state index >= 15 is 0 Å². The van der Waals surface area contributed by atoms with Crippen molar-refractivity contribution in [2.75, 3.05) is 50.6 Å². The third-order valence-electron chi connectivity index (χ3n) is 5.31. The van der Waals surface area contributed by atoms with Crippen molar-refractivity contribution in [1.29, 1.82) is 0 Å². The van der Waals surface area contributed by atoms with Crippen LogP contribution < -0.4 is 15.0 Å². The molecule has 3 aromatic rings. The van der Waals surface area contributed by atoms with E-state index in [0.29, 0.717) is 19.1 Å². The van der Waals surface area contributed by atoms with E-state index in [4.69, 9.17) is 9.39 Å². The van der Waals surface area contributed by atoms with Gasteiger partial charge >= 0.3 is 7.62 Å². The summed E-state index contributed by atoms with van der Waals surface area (Å²) >= 11 is 0. The van der Waals surface area contributed by atoms with Gasteiger partial charge in [-0.1, -0.05) is 0 Å². The number of carbonyl (C=O) groups excluding carboxylic acids is 1. The van der Waals surface area contributed by atoms with Gasteiger partial charge in [-0.25, -0.2) is 9.97 Å². The molecule has 1 fully saturated rings. The zero-order valence-corrected chi connectivity index (χ0v) is 18.2. The molecule has 4 rings (SSSR count). The minimum Gasteiger partial charge on any atom is -0.497 e. The molecule has 0 aliphatic carbocycles. The average molecular weight is 432 g/mol. The fourth-order valence-corrected chi connectivity index (χ4v) is 3.61. The monoisotopic (exact) mass is 432 g/mol. The van der Waals surface area contributed by atoms with Crippen molar-refractivity contribution in [2.45, 2.75) is 0 Å². The number of rotatable bonds is 7. The Balaban J connectivity index is 1.49. The summed E-state index contributed by atoms with van der Waals surface area (Å²) in [5.41, 5.74) is 2.68. The number of hydrogen-bond acceptors (Lipinski definition) is 8. The number of aromatic nitrogens is 3. The van der Waals surface area contributed by atoms with E-state index in [0.717, 1.165) is 43.2 Å². The number of amides is 1. The first-order valence-electron chi connectivity index (χ1n) is 10.4. The lowest BCUT2D eigenvalue weighted by Crippen LogP contribution is -2.48. The van der Waals surface area contributed by atoms with Crippen molar-refractivity contribution in [2.24, 2.45) is 0 Å². The highest BCUT2D eigenvalue weighted by Crippen LogP contribution is 2.26. The lowest BCUT2D eigenvalue weighted by molar-refractivity contribution is 0.102. The van der Waals surface area contributed by atoms with Gasteiger partial charge in [0.05, 0.1) is 24.7 Å². The molecule has 2 aromatic heterocycles. The quantitative estimate of drug-likeness (QED) is 0.566. The summed E-state index contributed by atoms with van der Waals surface area (Å²) in [6, 6.07) is 10.9. The molecular formula is C22H25BN6O3. The first-order chi connectivity index (χ1) is 15.7. The molecule has 0 radical (unpaired) electrons. The molecule has 0 atom stereocenters. The Kier molecular flexibility index (Phi) is 6.93. The van der Waals surface area contributed by atoms with Gasteiger partial charge in [0.15, 0.2) is 5.82 Å². The number of carbonyl (C=O) groups is 1. The molecule has 1 N–H and O–H groups in total. The molecule has 164 valence electrons. The standard InChI is InChI=1S/C22H25BN6O3/c1-31-17-5-3-16(4-6-17)21-25-10-7-18(26-21)22(30)27-19-15-24-9-8-20(19)28-11-13-29(14-12-28)23-32-2/h3-10,15,23H,11-14H2,1-2H3,(H,27,30). The van der Waals surface area contributed by atoms with Gasteiger partial charge in [-0.2, -0.15) is 0 Å². The van der Waals surface area contributed by atoms with Gasteiger partial charge in [0.2, 0.25) is 0 Å². The van der Waals surface area contributed by atoms with Crippen molar-refractivity contribution in [3.05, 3.63) is 60.7 Å². The van der Waals surface area contributed by atoms with E-state index in [2.05, 4.69) is 30.0 Å². The lowest BCUT2D eigenvalue weighted by atomic mass is 10.1. The van der Waals surface area contributed by atoms with Crippen LogP contribution in [0.15, 0.2) is 55.0 Å². The first-order valence-corrected chi connectivity index (χ1v) is 10.4. The Bertz CT molecular complexity index is 1060. The maximum absolute atomic E-state index is 13.0. The smallest absolute Gasteiger partial charge is 0.363 e. The Morgan fingerprint density at radius 2 is 1.81 bits per heavy atom. The van der Waals surface area contributed by atoms with Gasteiger partial charge < -0.3 is 24.4 Å². The highest BCUT2D eigenvalue weighted by atomic mass is 16.5. The predicted octanol–water partition coefficient (Wildman–Crippen LogP) is 1.83. The summed E-state index contributed by atoms with van der Waals surface area (Å²) in [5, 5.41) is 2.97. The molecule has 9 nitrogen and oxygen atoms in total. The molecule has 0 bridgehead atoms. The molecule has 10 heteroatoms. The topological polar surface area (TPSA) is 92.7 Å². The highest BCUT2D eigenvalue weighted by molar-refractivity contribution is 6.23. The number of benzene rings is 1. The van der Waals surface area contributed by atoms with Gasteiger partial charge in [0.25, 0.3) is 5.91 Å². The molecule has 1 aliphatic heterocycles. The summed E-state index contributed by atoms with van der Waals surface area (Å²) in [6.07, 6.45) is 4.99. The molecule has 0 unspecified atom stereocenters. The van der Waals surface area contributed by atoms with Crippen LogP contribution in [0.2, 0.25) is 0 Å². The number of methoxy groups -OCH3 is 1. The molecule has 1 saturated heterocycles. The fraction of sp³-hybridized carbons (Fsp3) is 0.273. The van der Waals surface area contributed by atoms with Crippen LogP contribution in [-0.4, -0.2) is 73.7 Å². The lowest BCUT2D eigenvalue weighted by Gasteiger charge is -2.36. The van der Waals surface area contributed by atoms with E-state index in [1.807, 2.05) is 30.3 Å². The molecule has 0 saturated carbocycles. The summed E-state index contributed by atoms with van der Waals surface area (Å²) in [4.78, 5) is 30.4. The van der Waals surface area contributed by atoms with Crippen LogP contribution in [0.25, 0.3) is 11.4 Å². The van der Waals surface area contributed by atoms with E-state index in [9.17, 15) is 4.79 Å². The second kappa shape index (κ2) is 10.2. The first kappa shape index (κ1) is 21.7. The normalized spacial score (nSPS) is 14.1. The Labute approximate surface area is 187 Å². The van der Waals surface area contributed by atoms with Crippen molar-refractivity contribution in [1.82, 2.24) is 19.8 Å². The number of anilines is 2. The van der Waals surface area contributed by atoms with Gasteiger partial charge in [-0.15, -0.1) is 0 Å². The summed E-state index contributed by atoms with van der Waals surface area (Å²) < 4.78 is 10.4. The largest absolute Gasteiger partial charge is 0.497 e. The zero-order valence-electron chi connectivity index (χ0n) is 18.2. The maximum atomic E-state index is 13.0. The minimum absolute atomic E-state index is 0.283. The molecule has 3 heterocycles. The van der Waals surface area contributed by atoms with Crippen LogP contribution in [0.5, 0.6) is 5.75 Å². The fourth-order valence-electron chi connectivity index (χ4n) is 3.61. The summed E-state index contributed by atoms with van der Waals surface area (Å²) in [7, 11) is 3.94. The highest BCUT2D eigenvalue weighted by Gasteiger charge is 2.21. The maximum Gasteiger partial charge on any atom is 0.363 e. The second-order valence-corrected chi connectivity index (χ2v) is 7.36. The van der Waals surface area contributed by atoms with Crippen molar-refractivity contribution in [3.8, 4) is 17.1 Å². The summed E-state index contributed by atoms with van der Waals surface area (Å²) in [5.74, 6) is 0.908. The van der Waals surface area contributed by atoms with E-state index in [1.165, 1.54) is 0 Å². The predicted molar refractivity (Wildman–Crippen MR) is 124 cm³/mol. The number of pyridine rings is 1. The number of piperazine rings is 1. The van der Waals surface area contributed by atoms with Crippen LogP contribution in [0.1, 0.15) is 10.5 Å². The molecule has 32 heavy (non-hydrogen) atoms. The molecular weight excluding hydrogens is 407 g/mol. The van der Waals surface area contributed by atoms with Crippen LogP contribution in [-0.2, 0) is 4.65 Å². The van der Waals surface area contributed by atoms with Crippen molar-refractivity contribution >= 4 is 24.9 Å². The Morgan fingerprint density at radius 3 is 2.53 bits per heavy atom. The number of nitrogens with zero attached hydrogens (tertiary/aromatic N) is 5. The minimum atomic E-state index is -0.311. The van der Waals surface area contributed by atoms with E-state index in [1.54, 1.807) is 38.9 Å². The molecule has 1 aliphatic rings. The average Bonchev–Trinajstić information content (AvgIpc) is 2.85. The van der Waals surface area contributed by atoms with Gasteiger partial charge in [0.1, 0.15) is 11.4 Å². The number of nitrogens with one attached hydrogen (secondary N) is 1. The molecule has 1 aromatic carbocycles. The van der Waals surface area contributed by atoms with E-state index < -0.39 is 0 Å². The SMILES string of the molecule is COBN1CCN(c2ccncc2NC(=O)c2ccnc(-c3ccc(OC)cc3)n2)CC1. The summed E-state index contributed by atoms with van der Waals surface area (Å²) in [6.45, 7) is 3.46. The van der Waals surface area contributed by atoms with Crippen molar-refractivity contribution < 1.29 is 14.2 Å². The van der Waals surface area contributed by atoms with Crippen LogP contribution in [0.4, 0.5) is 11.4 Å². The van der Waals surface area contributed by atoms with E-state index in [-0.39, 0.29) is 11.6 Å². The third kappa shape index (κ3) is 5.04. The third-order valence-corrected chi connectivity index (χ3v) is 5.31. The van der Waals surface area contributed by atoms with Crippen LogP contribution >= 0.6 is 0 Å². The molecule has 1 amide bonds. The van der Waals surface area contributed by atoms with Crippen LogP contribution in [0.3, 0.4) is 0 Å². The Hall–Kier alpha value is -3.50. The number of hydrogen-bond donors (Lipinski definition) is 1. The van der Waals surface area contributed by atoms with Gasteiger partial charge in [-0.3, -0.25) is 9.78 Å². The van der Waals surface area contributed by atoms with Crippen LogP contribution in [0, 0.1) is 0 Å².